The van der Waals surface area contributed by atoms with Crippen LogP contribution in [-0.4, -0.2) is 15.5 Å². The van der Waals surface area contributed by atoms with E-state index in [1.54, 1.807) is 5.57 Å². The van der Waals surface area contributed by atoms with E-state index in [0.717, 1.165) is 11.8 Å². The lowest BCUT2D eigenvalue weighted by atomic mass is 9.67. The molecule has 2 rings (SSSR count). The molecule has 1 saturated carbocycles. The first kappa shape index (κ1) is 17.2. The van der Waals surface area contributed by atoms with Crippen molar-refractivity contribution < 1.29 is 0 Å². The molecular weight excluding hydrogens is 247 g/mol. The van der Waals surface area contributed by atoms with Crippen molar-refractivity contribution in [1.29, 1.82) is 0 Å². The molecule has 2 atom stereocenters. The molecule has 0 amide bonds. The fourth-order valence-electron chi connectivity index (χ4n) is 5.54. The van der Waals surface area contributed by atoms with Crippen LogP contribution in [0.5, 0.6) is 0 Å². The average molecular weight is 282 g/mol. The van der Waals surface area contributed by atoms with Crippen LogP contribution < -0.4 is 0 Å². The summed E-state index contributed by atoms with van der Waals surface area (Å²) in [5, 5.41) is 1.34. The van der Waals surface area contributed by atoms with Crippen LogP contribution in [0.1, 0.15) is 75.2 Å². The third kappa shape index (κ3) is 2.44. The van der Waals surface area contributed by atoms with Crippen LogP contribution in [0.2, 0.25) is 0 Å². The summed E-state index contributed by atoms with van der Waals surface area (Å²) in [6, 6.07) is 0. The Labute approximate surface area is 123 Å². The zero-order valence-corrected chi connectivity index (χ0v) is 14.3. The van der Waals surface area contributed by atoms with Gasteiger partial charge in [0.25, 0.3) is 0 Å². The summed E-state index contributed by atoms with van der Waals surface area (Å²) in [5.74, 6) is 1.55. The van der Waals surface area contributed by atoms with Gasteiger partial charge in [-0.2, -0.15) is 0 Å². The van der Waals surface area contributed by atoms with Crippen LogP contribution in [0.4, 0.5) is 0 Å². The Morgan fingerprint density at radius 2 is 1.37 bits per heavy atom. The molecular formula is C18H35P. The molecule has 2 aliphatic rings. The Morgan fingerprint density at radius 3 is 1.68 bits per heavy atom. The third-order valence-corrected chi connectivity index (χ3v) is 9.68. The summed E-state index contributed by atoms with van der Waals surface area (Å²) in [6.45, 7) is 22.0. The molecule has 112 valence electrons. The molecule has 2 fully saturated rings. The Hall–Kier alpha value is 0.170. The molecule has 2 bridgehead atoms. The molecule has 0 aromatic heterocycles. The number of rotatable bonds is 0. The van der Waals surface area contributed by atoms with E-state index in [-0.39, 0.29) is 15.3 Å². The first-order valence-electron chi connectivity index (χ1n) is 7.50. The average Bonchev–Trinajstić information content (AvgIpc) is 2.11. The van der Waals surface area contributed by atoms with Crippen molar-refractivity contribution in [3.63, 3.8) is 0 Å². The van der Waals surface area contributed by atoms with Crippen molar-refractivity contribution in [3.8, 4) is 0 Å². The topological polar surface area (TPSA) is 0 Å². The molecule has 1 aliphatic carbocycles. The highest BCUT2D eigenvalue weighted by molar-refractivity contribution is 7.62. The van der Waals surface area contributed by atoms with E-state index in [0.29, 0.717) is 15.5 Å². The molecule has 1 heterocycles. The lowest BCUT2D eigenvalue weighted by molar-refractivity contribution is 0.254. The van der Waals surface area contributed by atoms with Gasteiger partial charge < -0.3 is 0 Å². The predicted octanol–water partition coefficient (Wildman–Crippen LogP) is 6.45. The molecule has 1 saturated heterocycles. The maximum Gasteiger partial charge on any atom is -0.00759 e. The van der Waals surface area contributed by atoms with Gasteiger partial charge in [-0.05, 0) is 40.1 Å². The molecule has 0 aromatic rings. The standard InChI is InChI=1S/C17H31P.CH4/c1-12-13-10-9-11-14(12)17(7,8)18(15(2,3)4)16(13,5)6;/h13-14H,1,9-11H2,2-8H3;1H4. The van der Waals surface area contributed by atoms with Crippen LogP contribution in [0.15, 0.2) is 12.2 Å². The van der Waals surface area contributed by atoms with Crippen LogP contribution >= 0.6 is 7.92 Å². The summed E-state index contributed by atoms with van der Waals surface area (Å²) in [4.78, 5) is 0. The minimum absolute atomic E-state index is 0. The smallest absolute Gasteiger partial charge is 0.00759 e. The second-order valence-electron chi connectivity index (χ2n) is 8.42. The zero-order valence-electron chi connectivity index (χ0n) is 13.4. The summed E-state index contributed by atoms with van der Waals surface area (Å²) in [5.41, 5.74) is 1.58. The van der Waals surface area contributed by atoms with Gasteiger partial charge in [0.2, 0.25) is 0 Å². The van der Waals surface area contributed by atoms with E-state index in [9.17, 15) is 0 Å². The van der Waals surface area contributed by atoms with Gasteiger partial charge in [-0.3, -0.25) is 0 Å². The molecule has 1 heteroatoms. The largest absolute Gasteiger partial charge is 0.0992 e. The maximum absolute atomic E-state index is 4.52. The van der Waals surface area contributed by atoms with Crippen LogP contribution in [0.3, 0.4) is 0 Å². The van der Waals surface area contributed by atoms with Gasteiger partial charge >= 0.3 is 0 Å². The van der Waals surface area contributed by atoms with Crippen molar-refractivity contribution in [3.05, 3.63) is 12.2 Å². The highest BCUT2D eigenvalue weighted by Crippen LogP contribution is 2.77. The quantitative estimate of drug-likeness (QED) is 0.354. The van der Waals surface area contributed by atoms with Crippen LogP contribution in [0, 0.1) is 11.8 Å². The Morgan fingerprint density at radius 1 is 1.00 bits per heavy atom. The Balaban J connectivity index is 0.00000180. The summed E-state index contributed by atoms with van der Waals surface area (Å²) < 4.78 is 0. The SMILES string of the molecule is C.C=C1C2CCCC1C(C)(C)P(C(C)(C)C)C2(C)C. The molecule has 1 aliphatic heterocycles. The number of allylic oxidation sites excluding steroid dienone is 1. The van der Waals surface area contributed by atoms with Gasteiger partial charge in [0.1, 0.15) is 0 Å². The van der Waals surface area contributed by atoms with E-state index in [2.05, 4.69) is 55.0 Å². The minimum atomic E-state index is -0.0200. The van der Waals surface area contributed by atoms with Crippen molar-refractivity contribution in [2.45, 2.75) is 90.6 Å². The van der Waals surface area contributed by atoms with Gasteiger partial charge in [0, 0.05) is 0 Å². The number of hydrogen-bond acceptors (Lipinski definition) is 0. The second-order valence-corrected chi connectivity index (χ2v) is 12.7. The lowest BCUT2D eigenvalue weighted by Gasteiger charge is -2.64. The van der Waals surface area contributed by atoms with E-state index in [1.807, 2.05) is 0 Å². The highest BCUT2D eigenvalue weighted by atomic mass is 31.1. The number of hydrogen-bond donors (Lipinski definition) is 0. The summed E-state index contributed by atoms with van der Waals surface area (Å²) in [7, 11) is -0.0200. The normalized spacial score (nSPS) is 36.6. The van der Waals surface area contributed by atoms with Gasteiger partial charge in [-0.1, -0.05) is 82.4 Å². The molecule has 0 aromatic carbocycles. The van der Waals surface area contributed by atoms with E-state index < -0.39 is 0 Å². The zero-order chi connectivity index (χ0) is 13.9. The van der Waals surface area contributed by atoms with Gasteiger partial charge in [0.05, 0.1) is 0 Å². The van der Waals surface area contributed by atoms with E-state index in [4.69, 9.17) is 0 Å². The molecule has 0 radical (unpaired) electrons. The van der Waals surface area contributed by atoms with Gasteiger partial charge in [-0.25, -0.2) is 0 Å². The van der Waals surface area contributed by atoms with E-state index in [1.165, 1.54) is 19.3 Å². The summed E-state index contributed by atoms with van der Waals surface area (Å²) >= 11 is 0. The number of fused-ring (bicyclic) bond motifs is 2. The van der Waals surface area contributed by atoms with Gasteiger partial charge in [-0.15, -0.1) is 0 Å². The lowest BCUT2D eigenvalue weighted by Crippen LogP contribution is -2.54. The molecule has 19 heavy (non-hydrogen) atoms. The van der Waals surface area contributed by atoms with Crippen LogP contribution in [0.25, 0.3) is 0 Å². The van der Waals surface area contributed by atoms with Crippen molar-refractivity contribution in [2.75, 3.05) is 0 Å². The highest BCUT2D eigenvalue weighted by Gasteiger charge is 2.59. The fraction of sp³-hybridized carbons (Fsp3) is 0.889. The monoisotopic (exact) mass is 282 g/mol. The molecule has 0 N–H and O–H groups in total. The molecule has 0 nitrogen and oxygen atoms in total. The maximum atomic E-state index is 4.52. The minimum Gasteiger partial charge on any atom is -0.0992 e. The Kier molecular flexibility index (Phi) is 4.41. The Bertz CT molecular complexity index is 330. The second kappa shape index (κ2) is 4.87. The first-order valence-corrected chi connectivity index (χ1v) is 8.84. The summed E-state index contributed by atoms with van der Waals surface area (Å²) in [6.07, 6.45) is 4.18. The van der Waals surface area contributed by atoms with E-state index >= 15 is 0 Å². The third-order valence-electron chi connectivity index (χ3n) is 5.41. The van der Waals surface area contributed by atoms with Crippen molar-refractivity contribution in [2.24, 2.45) is 11.8 Å². The van der Waals surface area contributed by atoms with Crippen molar-refractivity contribution in [1.82, 2.24) is 0 Å². The first-order chi connectivity index (χ1) is 8.00. The van der Waals surface area contributed by atoms with Crippen LogP contribution in [-0.2, 0) is 0 Å². The molecule has 0 spiro atoms. The molecule has 2 unspecified atom stereocenters. The fourth-order valence-corrected chi connectivity index (χ4v) is 11.7. The van der Waals surface area contributed by atoms with Gasteiger partial charge in [0.15, 0.2) is 0 Å². The van der Waals surface area contributed by atoms with Crippen molar-refractivity contribution >= 4 is 7.92 Å². The predicted molar refractivity (Wildman–Crippen MR) is 91.5 cm³/mol.